The first-order valence-corrected chi connectivity index (χ1v) is 18.9. The smallest absolute Gasteiger partial charge is 0.220 e. The van der Waals surface area contributed by atoms with Crippen LogP contribution >= 0.6 is 0 Å². The van der Waals surface area contributed by atoms with Crippen molar-refractivity contribution in [1.82, 2.24) is 5.32 Å². The molecule has 0 saturated carbocycles. The Balaban J connectivity index is 3.66. The lowest BCUT2D eigenvalue weighted by Gasteiger charge is -2.19. The average molecular weight is 616 g/mol. The topological polar surface area (TPSA) is 69.6 Å². The Morgan fingerprint density at radius 2 is 0.886 bits per heavy atom. The first kappa shape index (κ1) is 42.3. The van der Waals surface area contributed by atoms with Gasteiger partial charge in [0.05, 0.1) is 18.8 Å². The highest BCUT2D eigenvalue weighted by Crippen LogP contribution is 2.13. The SMILES string of the molecule is CCCCC/C=C/CC/C=C/CC/C=C/C(O)C(CO)NC(=O)CCCCCCCCCCC/C=C\CCCCCCCC. The van der Waals surface area contributed by atoms with Gasteiger partial charge in [0.2, 0.25) is 5.91 Å². The molecule has 44 heavy (non-hydrogen) atoms. The number of unbranched alkanes of at least 4 members (excludes halogenated alkanes) is 20. The summed E-state index contributed by atoms with van der Waals surface area (Å²) in [4.78, 5) is 12.3. The zero-order valence-electron chi connectivity index (χ0n) is 29.2. The van der Waals surface area contributed by atoms with E-state index in [1.807, 2.05) is 6.08 Å². The highest BCUT2D eigenvalue weighted by atomic mass is 16.3. The van der Waals surface area contributed by atoms with Crippen molar-refractivity contribution in [3.05, 3.63) is 48.6 Å². The molecule has 0 aliphatic rings. The van der Waals surface area contributed by atoms with Gasteiger partial charge in [-0.25, -0.2) is 0 Å². The second kappa shape index (κ2) is 35.8. The van der Waals surface area contributed by atoms with E-state index in [2.05, 4.69) is 55.6 Å². The minimum absolute atomic E-state index is 0.0835. The molecule has 0 aliphatic heterocycles. The second-order valence-corrected chi connectivity index (χ2v) is 12.6. The molecule has 0 radical (unpaired) electrons. The van der Waals surface area contributed by atoms with Gasteiger partial charge in [0.15, 0.2) is 0 Å². The third kappa shape index (κ3) is 31.8. The van der Waals surface area contributed by atoms with Crippen LogP contribution < -0.4 is 5.32 Å². The predicted octanol–water partition coefficient (Wildman–Crippen LogP) is 11.2. The Kier molecular flexibility index (Phi) is 34.5. The molecule has 0 bridgehead atoms. The largest absolute Gasteiger partial charge is 0.394 e. The summed E-state index contributed by atoms with van der Waals surface area (Å²) in [5.41, 5.74) is 0. The van der Waals surface area contributed by atoms with Gasteiger partial charge in [-0.15, -0.1) is 0 Å². The van der Waals surface area contributed by atoms with E-state index < -0.39 is 12.1 Å². The quantitative estimate of drug-likeness (QED) is 0.0508. The molecule has 0 aromatic rings. The maximum absolute atomic E-state index is 12.3. The predicted molar refractivity (Wildman–Crippen MR) is 193 cm³/mol. The number of hydrogen-bond acceptors (Lipinski definition) is 3. The molecular formula is C40H73NO3. The molecule has 0 heterocycles. The molecule has 0 aromatic carbocycles. The van der Waals surface area contributed by atoms with E-state index in [-0.39, 0.29) is 12.5 Å². The van der Waals surface area contributed by atoms with Gasteiger partial charge in [0.25, 0.3) is 0 Å². The molecule has 3 N–H and O–H groups in total. The highest BCUT2D eigenvalue weighted by molar-refractivity contribution is 5.76. The summed E-state index contributed by atoms with van der Waals surface area (Å²) in [6.45, 7) is 4.24. The third-order valence-corrected chi connectivity index (χ3v) is 8.26. The number of amides is 1. The molecule has 4 heteroatoms. The number of carbonyl (C=O) groups is 1. The Hall–Kier alpha value is -1.65. The van der Waals surface area contributed by atoms with Crippen LogP contribution in [-0.2, 0) is 4.79 Å². The summed E-state index contributed by atoms with van der Waals surface area (Å²) in [5, 5.41) is 22.8. The lowest BCUT2D eigenvalue weighted by atomic mass is 10.0. The number of nitrogens with one attached hydrogen (secondary N) is 1. The molecule has 256 valence electrons. The number of aliphatic hydroxyl groups excluding tert-OH is 2. The van der Waals surface area contributed by atoms with E-state index in [9.17, 15) is 15.0 Å². The maximum atomic E-state index is 12.3. The molecule has 4 nitrogen and oxygen atoms in total. The van der Waals surface area contributed by atoms with E-state index in [0.717, 1.165) is 38.5 Å². The minimum Gasteiger partial charge on any atom is -0.394 e. The van der Waals surface area contributed by atoms with Crippen LogP contribution in [0.25, 0.3) is 0 Å². The van der Waals surface area contributed by atoms with Crippen molar-refractivity contribution < 1.29 is 15.0 Å². The normalized spacial score (nSPS) is 13.6. The first-order valence-electron chi connectivity index (χ1n) is 18.9. The number of aliphatic hydroxyl groups is 2. The summed E-state index contributed by atoms with van der Waals surface area (Å²) in [6.07, 6.45) is 47.7. The van der Waals surface area contributed by atoms with Gasteiger partial charge in [-0.3, -0.25) is 4.79 Å². The van der Waals surface area contributed by atoms with E-state index in [1.165, 1.54) is 122 Å². The van der Waals surface area contributed by atoms with Gasteiger partial charge < -0.3 is 15.5 Å². The van der Waals surface area contributed by atoms with Gasteiger partial charge in [-0.05, 0) is 70.6 Å². The van der Waals surface area contributed by atoms with Crippen molar-refractivity contribution in [2.24, 2.45) is 0 Å². The van der Waals surface area contributed by atoms with Crippen LogP contribution in [0.1, 0.15) is 181 Å². The van der Waals surface area contributed by atoms with Gasteiger partial charge >= 0.3 is 0 Å². The Morgan fingerprint density at radius 1 is 0.523 bits per heavy atom. The first-order chi connectivity index (χ1) is 21.7. The van der Waals surface area contributed by atoms with Crippen molar-refractivity contribution in [3.63, 3.8) is 0 Å². The lowest BCUT2D eigenvalue weighted by Crippen LogP contribution is -2.45. The van der Waals surface area contributed by atoms with Crippen molar-refractivity contribution in [2.75, 3.05) is 6.61 Å². The summed E-state index contributed by atoms with van der Waals surface area (Å²) >= 11 is 0. The van der Waals surface area contributed by atoms with Gasteiger partial charge in [-0.2, -0.15) is 0 Å². The van der Waals surface area contributed by atoms with Crippen molar-refractivity contribution in [2.45, 2.75) is 193 Å². The molecule has 0 spiro atoms. The molecular weight excluding hydrogens is 542 g/mol. The molecule has 0 fully saturated rings. The summed E-state index contributed by atoms with van der Waals surface area (Å²) in [6, 6.07) is -0.644. The highest BCUT2D eigenvalue weighted by Gasteiger charge is 2.17. The lowest BCUT2D eigenvalue weighted by molar-refractivity contribution is -0.123. The Labute approximate surface area is 274 Å². The fourth-order valence-corrected chi connectivity index (χ4v) is 5.32. The van der Waals surface area contributed by atoms with Gasteiger partial charge in [0, 0.05) is 6.42 Å². The molecule has 1 amide bonds. The summed E-state index contributed by atoms with van der Waals surface area (Å²) < 4.78 is 0. The molecule has 0 rings (SSSR count). The van der Waals surface area contributed by atoms with Crippen LogP contribution in [0.15, 0.2) is 48.6 Å². The van der Waals surface area contributed by atoms with Crippen LogP contribution in [0.3, 0.4) is 0 Å². The van der Waals surface area contributed by atoms with E-state index in [0.29, 0.717) is 6.42 Å². The number of hydrogen-bond donors (Lipinski definition) is 3. The number of allylic oxidation sites excluding steroid dienone is 7. The molecule has 0 aromatic heterocycles. The average Bonchev–Trinajstić information content (AvgIpc) is 3.03. The van der Waals surface area contributed by atoms with E-state index in [1.54, 1.807) is 6.08 Å². The van der Waals surface area contributed by atoms with Crippen molar-refractivity contribution in [3.8, 4) is 0 Å². The van der Waals surface area contributed by atoms with Crippen LogP contribution in [0.5, 0.6) is 0 Å². The number of carbonyl (C=O) groups excluding carboxylic acids is 1. The van der Waals surface area contributed by atoms with Crippen molar-refractivity contribution >= 4 is 5.91 Å². The Morgan fingerprint density at radius 3 is 1.36 bits per heavy atom. The number of rotatable bonds is 33. The van der Waals surface area contributed by atoms with Crippen LogP contribution in [0.2, 0.25) is 0 Å². The standard InChI is InChI=1S/C40H73NO3/c1-3-5-7-9-11-13-15-17-18-19-20-21-22-24-26-28-30-32-34-36-40(44)41-38(37-42)39(43)35-33-31-29-27-25-23-16-14-12-10-8-6-4-2/h12,14,17-18,25,27,33,35,38-39,42-43H,3-11,13,15-16,19-24,26,28-32,34,36-37H2,1-2H3,(H,41,44)/b14-12+,18-17-,27-25+,35-33+. The van der Waals surface area contributed by atoms with Crippen LogP contribution in [-0.4, -0.2) is 34.9 Å². The van der Waals surface area contributed by atoms with Gasteiger partial charge in [0.1, 0.15) is 0 Å². The van der Waals surface area contributed by atoms with Crippen molar-refractivity contribution in [1.29, 1.82) is 0 Å². The monoisotopic (exact) mass is 616 g/mol. The van der Waals surface area contributed by atoms with E-state index >= 15 is 0 Å². The third-order valence-electron chi connectivity index (χ3n) is 8.26. The minimum atomic E-state index is -0.869. The Bertz CT molecular complexity index is 711. The fourth-order valence-electron chi connectivity index (χ4n) is 5.32. The molecule has 2 atom stereocenters. The van der Waals surface area contributed by atoms with Crippen LogP contribution in [0.4, 0.5) is 0 Å². The van der Waals surface area contributed by atoms with Crippen LogP contribution in [0, 0.1) is 0 Å². The zero-order chi connectivity index (χ0) is 32.2. The van der Waals surface area contributed by atoms with Gasteiger partial charge in [-0.1, -0.05) is 152 Å². The summed E-state index contributed by atoms with van der Waals surface area (Å²) in [5.74, 6) is -0.0835. The molecule has 0 aliphatic carbocycles. The summed E-state index contributed by atoms with van der Waals surface area (Å²) in [7, 11) is 0. The molecule has 0 saturated heterocycles. The second-order valence-electron chi connectivity index (χ2n) is 12.6. The fraction of sp³-hybridized carbons (Fsp3) is 0.775. The maximum Gasteiger partial charge on any atom is 0.220 e. The molecule has 2 unspecified atom stereocenters. The van der Waals surface area contributed by atoms with E-state index in [4.69, 9.17) is 0 Å². The zero-order valence-corrected chi connectivity index (χ0v) is 29.2.